The minimum absolute atomic E-state index is 0.0418. The van der Waals surface area contributed by atoms with E-state index in [9.17, 15) is 4.79 Å². The highest BCUT2D eigenvalue weighted by molar-refractivity contribution is 5.78. The topological polar surface area (TPSA) is 38.3 Å². The first-order valence-corrected chi connectivity index (χ1v) is 9.98. The zero-order valence-electron chi connectivity index (χ0n) is 17.0. The fourth-order valence-corrected chi connectivity index (χ4v) is 3.66. The Labute approximate surface area is 163 Å². The first-order valence-electron chi connectivity index (χ1n) is 9.98. The first kappa shape index (κ1) is 19.5. The van der Waals surface area contributed by atoms with Gasteiger partial charge in [0.15, 0.2) is 6.61 Å². The second kappa shape index (κ2) is 8.16. The molecule has 1 aliphatic rings. The molecule has 0 saturated carbocycles. The molecular formula is C24H31NO2. The third-order valence-electron chi connectivity index (χ3n) is 5.37. The third-order valence-corrected chi connectivity index (χ3v) is 5.37. The number of carbonyl (C=O) groups excluding carboxylic acids is 1. The van der Waals surface area contributed by atoms with E-state index in [1.54, 1.807) is 0 Å². The van der Waals surface area contributed by atoms with E-state index in [0.29, 0.717) is 0 Å². The second-order valence-electron chi connectivity index (χ2n) is 8.55. The molecular weight excluding hydrogens is 334 g/mol. The Bertz CT molecular complexity index is 787. The predicted octanol–water partition coefficient (Wildman–Crippen LogP) is 5.12. The Balaban J connectivity index is 1.56. The third kappa shape index (κ3) is 4.91. The van der Waals surface area contributed by atoms with E-state index in [-0.39, 0.29) is 24.0 Å². The number of amides is 1. The van der Waals surface area contributed by atoms with Crippen molar-refractivity contribution < 1.29 is 9.53 Å². The molecule has 0 heterocycles. The van der Waals surface area contributed by atoms with Crippen LogP contribution in [0.15, 0.2) is 42.5 Å². The number of ether oxygens (including phenoxy) is 1. The predicted molar refractivity (Wildman–Crippen MR) is 110 cm³/mol. The van der Waals surface area contributed by atoms with Gasteiger partial charge in [0.1, 0.15) is 5.75 Å². The van der Waals surface area contributed by atoms with Crippen molar-refractivity contribution in [2.45, 2.75) is 64.8 Å². The van der Waals surface area contributed by atoms with Gasteiger partial charge >= 0.3 is 0 Å². The summed E-state index contributed by atoms with van der Waals surface area (Å²) < 4.78 is 5.85. The highest BCUT2D eigenvalue weighted by Gasteiger charge is 2.17. The van der Waals surface area contributed by atoms with Crippen LogP contribution in [-0.4, -0.2) is 12.5 Å². The zero-order chi connectivity index (χ0) is 19.4. The number of aryl methyl sites for hydroxylation is 1. The maximum atomic E-state index is 12.4. The van der Waals surface area contributed by atoms with Crippen LogP contribution < -0.4 is 10.1 Å². The van der Waals surface area contributed by atoms with Crippen molar-refractivity contribution in [1.29, 1.82) is 0 Å². The van der Waals surface area contributed by atoms with Crippen molar-refractivity contribution in [2.75, 3.05) is 6.61 Å². The van der Waals surface area contributed by atoms with Gasteiger partial charge in [0.25, 0.3) is 5.91 Å². The molecule has 27 heavy (non-hydrogen) atoms. The van der Waals surface area contributed by atoms with Crippen LogP contribution in [0.5, 0.6) is 5.75 Å². The lowest BCUT2D eigenvalue weighted by Crippen LogP contribution is -2.31. The lowest BCUT2D eigenvalue weighted by atomic mass is 9.86. The van der Waals surface area contributed by atoms with Crippen LogP contribution in [0.25, 0.3) is 0 Å². The Morgan fingerprint density at radius 2 is 1.78 bits per heavy atom. The number of hydrogen-bond acceptors (Lipinski definition) is 2. The number of carbonyl (C=O) groups is 1. The van der Waals surface area contributed by atoms with Gasteiger partial charge in [0.05, 0.1) is 6.04 Å². The van der Waals surface area contributed by atoms with E-state index in [4.69, 9.17) is 4.74 Å². The molecule has 1 aliphatic carbocycles. The maximum absolute atomic E-state index is 12.4. The molecule has 1 N–H and O–H groups in total. The van der Waals surface area contributed by atoms with Gasteiger partial charge in [-0.1, -0.05) is 57.2 Å². The molecule has 0 fully saturated rings. The van der Waals surface area contributed by atoms with Gasteiger partial charge < -0.3 is 10.1 Å². The van der Waals surface area contributed by atoms with E-state index < -0.39 is 0 Å². The van der Waals surface area contributed by atoms with Crippen LogP contribution >= 0.6 is 0 Å². The molecule has 1 atom stereocenters. The minimum atomic E-state index is -0.0872. The standard InChI is InChI=1S/C24H31NO2/c1-17(18-12-14-20(15-13-18)24(2,3)4)25-23(26)16-27-22-11-7-9-19-8-5-6-10-21(19)22/h7,9,11-15,17H,5-6,8,10,16H2,1-4H3,(H,25,26). The van der Waals surface area contributed by atoms with Gasteiger partial charge in [-0.25, -0.2) is 0 Å². The van der Waals surface area contributed by atoms with E-state index >= 15 is 0 Å². The highest BCUT2D eigenvalue weighted by Crippen LogP contribution is 2.29. The second-order valence-corrected chi connectivity index (χ2v) is 8.55. The molecule has 0 bridgehead atoms. The summed E-state index contributed by atoms with van der Waals surface area (Å²) in [4.78, 5) is 12.4. The summed E-state index contributed by atoms with van der Waals surface area (Å²) in [5, 5.41) is 3.04. The number of nitrogens with one attached hydrogen (secondary N) is 1. The van der Waals surface area contributed by atoms with Crippen LogP contribution in [0.4, 0.5) is 0 Å². The van der Waals surface area contributed by atoms with E-state index in [1.807, 2.05) is 19.1 Å². The summed E-state index contributed by atoms with van der Waals surface area (Å²) in [6.07, 6.45) is 4.59. The summed E-state index contributed by atoms with van der Waals surface area (Å²) in [6.45, 7) is 8.67. The molecule has 1 unspecified atom stereocenters. The maximum Gasteiger partial charge on any atom is 0.258 e. The van der Waals surface area contributed by atoms with Crippen molar-refractivity contribution in [3.8, 4) is 5.75 Å². The lowest BCUT2D eigenvalue weighted by Gasteiger charge is -2.21. The van der Waals surface area contributed by atoms with Crippen LogP contribution in [0.1, 0.15) is 68.8 Å². The van der Waals surface area contributed by atoms with Crippen LogP contribution in [0.3, 0.4) is 0 Å². The van der Waals surface area contributed by atoms with Gasteiger partial charge in [-0.15, -0.1) is 0 Å². The average Bonchev–Trinajstić information content (AvgIpc) is 2.65. The largest absolute Gasteiger partial charge is 0.483 e. The smallest absolute Gasteiger partial charge is 0.258 e. The van der Waals surface area contributed by atoms with Crippen molar-refractivity contribution in [1.82, 2.24) is 5.32 Å². The summed E-state index contributed by atoms with van der Waals surface area (Å²) in [6, 6.07) is 14.6. The lowest BCUT2D eigenvalue weighted by molar-refractivity contribution is -0.123. The molecule has 0 saturated heterocycles. The summed E-state index contributed by atoms with van der Waals surface area (Å²) >= 11 is 0. The van der Waals surface area contributed by atoms with Crippen molar-refractivity contribution in [3.63, 3.8) is 0 Å². The summed E-state index contributed by atoms with van der Waals surface area (Å²) in [5.41, 5.74) is 5.18. The molecule has 0 spiro atoms. The molecule has 1 amide bonds. The molecule has 3 nitrogen and oxygen atoms in total. The molecule has 0 aliphatic heterocycles. The molecule has 2 aromatic rings. The van der Waals surface area contributed by atoms with Crippen molar-refractivity contribution in [2.24, 2.45) is 0 Å². The van der Waals surface area contributed by atoms with Gasteiger partial charge in [-0.2, -0.15) is 0 Å². The minimum Gasteiger partial charge on any atom is -0.483 e. The van der Waals surface area contributed by atoms with E-state index in [1.165, 1.54) is 29.5 Å². The monoisotopic (exact) mass is 365 g/mol. The van der Waals surface area contributed by atoms with Crippen LogP contribution in [-0.2, 0) is 23.1 Å². The molecule has 2 aromatic carbocycles. The fourth-order valence-electron chi connectivity index (χ4n) is 3.66. The quantitative estimate of drug-likeness (QED) is 0.799. The molecule has 3 heteroatoms. The van der Waals surface area contributed by atoms with Crippen molar-refractivity contribution in [3.05, 3.63) is 64.7 Å². The highest BCUT2D eigenvalue weighted by atomic mass is 16.5. The normalized spacial score (nSPS) is 15.0. The van der Waals surface area contributed by atoms with Gasteiger partial charge in [-0.3, -0.25) is 4.79 Å². The molecule has 144 valence electrons. The zero-order valence-corrected chi connectivity index (χ0v) is 17.0. The number of rotatable bonds is 5. The van der Waals surface area contributed by atoms with Gasteiger partial charge in [-0.05, 0) is 66.3 Å². The Morgan fingerprint density at radius 1 is 1.07 bits per heavy atom. The Morgan fingerprint density at radius 3 is 2.48 bits per heavy atom. The SMILES string of the molecule is CC(NC(=O)COc1cccc2c1CCCC2)c1ccc(C(C)(C)C)cc1. The molecule has 3 rings (SSSR count). The Kier molecular flexibility index (Phi) is 5.88. The van der Waals surface area contributed by atoms with E-state index in [0.717, 1.165) is 24.2 Å². The van der Waals surface area contributed by atoms with Gasteiger partial charge in [0, 0.05) is 0 Å². The Hall–Kier alpha value is -2.29. The van der Waals surface area contributed by atoms with Crippen LogP contribution in [0.2, 0.25) is 0 Å². The average molecular weight is 366 g/mol. The van der Waals surface area contributed by atoms with E-state index in [2.05, 4.69) is 56.4 Å². The van der Waals surface area contributed by atoms with Gasteiger partial charge in [0.2, 0.25) is 0 Å². The molecule has 0 aromatic heterocycles. The number of benzene rings is 2. The summed E-state index contributed by atoms with van der Waals surface area (Å²) in [5.74, 6) is 0.778. The van der Waals surface area contributed by atoms with Crippen LogP contribution in [0, 0.1) is 0 Å². The number of fused-ring (bicyclic) bond motifs is 1. The summed E-state index contributed by atoms with van der Waals surface area (Å²) in [7, 11) is 0. The molecule has 0 radical (unpaired) electrons. The fraction of sp³-hybridized carbons (Fsp3) is 0.458. The van der Waals surface area contributed by atoms with Crippen molar-refractivity contribution >= 4 is 5.91 Å². The first-order chi connectivity index (χ1) is 12.8. The number of hydrogen-bond donors (Lipinski definition) is 1.